The molecule has 0 unspecified atom stereocenters. The molecule has 0 nitrogen and oxygen atoms in total. The van der Waals surface area contributed by atoms with Crippen LogP contribution in [-0.4, -0.2) is 0 Å². The molecule has 0 amide bonds. The van der Waals surface area contributed by atoms with Crippen LogP contribution >= 0.6 is 0 Å². The average molecular weight is 222 g/mol. The van der Waals surface area contributed by atoms with Gasteiger partial charge in [-0.15, -0.1) is 0 Å². The van der Waals surface area contributed by atoms with Crippen LogP contribution in [0, 0.1) is 0 Å². The summed E-state index contributed by atoms with van der Waals surface area (Å²) >= 11 is 0. The fraction of sp³-hybridized carbons (Fsp3) is 0.176. The quantitative estimate of drug-likeness (QED) is 0.636. The molecule has 1 aromatic rings. The molecule has 0 radical (unpaired) electrons. The second-order valence-electron chi connectivity index (χ2n) is 4.38. The molecule has 0 N–H and O–H groups in total. The van der Waals surface area contributed by atoms with E-state index in [0.717, 1.165) is 18.4 Å². The highest BCUT2D eigenvalue weighted by atomic mass is 14.2. The second kappa shape index (κ2) is 5.01. The van der Waals surface area contributed by atoms with Gasteiger partial charge in [-0.05, 0) is 47.6 Å². The number of allylic oxidation sites excluding steroid dienone is 6. The maximum atomic E-state index is 4.24. The van der Waals surface area contributed by atoms with Crippen molar-refractivity contribution in [3.8, 4) is 0 Å². The van der Waals surface area contributed by atoms with Crippen molar-refractivity contribution < 1.29 is 0 Å². The lowest BCUT2D eigenvalue weighted by Crippen LogP contribution is -1.89. The van der Waals surface area contributed by atoms with E-state index < -0.39 is 0 Å². The Labute approximate surface area is 104 Å². The zero-order chi connectivity index (χ0) is 12.3. The zero-order valence-corrected chi connectivity index (χ0v) is 10.4. The van der Waals surface area contributed by atoms with Crippen molar-refractivity contribution in [2.45, 2.75) is 19.8 Å². The van der Waals surface area contributed by atoms with Crippen LogP contribution in [0.3, 0.4) is 0 Å². The molecule has 1 aromatic carbocycles. The lowest BCUT2D eigenvalue weighted by molar-refractivity contribution is 0.965. The fourth-order valence-electron chi connectivity index (χ4n) is 2.28. The van der Waals surface area contributed by atoms with E-state index in [2.05, 4.69) is 50.4 Å². The van der Waals surface area contributed by atoms with Gasteiger partial charge in [0.2, 0.25) is 0 Å². The Morgan fingerprint density at radius 3 is 2.71 bits per heavy atom. The van der Waals surface area contributed by atoms with E-state index in [9.17, 15) is 0 Å². The molecule has 0 bridgehead atoms. The molecular weight excluding hydrogens is 204 g/mol. The topological polar surface area (TPSA) is 0 Å². The van der Waals surface area contributed by atoms with E-state index in [0.29, 0.717) is 0 Å². The first-order chi connectivity index (χ1) is 8.24. The lowest BCUT2D eigenvalue weighted by Gasteiger charge is -2.08. The minimum absolute atomic E-state index is 1.08. The standard InChI is InChI=1S/C17H18/c1-4-5-8-15-11-12-16-9-6-7-10-17(16)14(3)13(15)2/h4-10H,1,3,11-12H2,2H3/b8-5-. The van der Waals surface area contributed by atoms with Gasteiger partial charge in [-0.25, -0.2) is 0 Å². The molecule has 86 valence electrons. The number of benzene rings is 1. The molecule has 2 rings (SSSR count). The first-order valence-corrected chi connectivity index (χ1v) is 6.00. The maximum absolute atomic E-state index is 4.24. The number of hydrogen-bond acceptors (Lipinski definition) is 0. The molecule has 0 aliphatic heterocycles. The van der Waals surface area contributed by atoms with E-state index in [1.807, 2.05) is 12.2 Å². The lowest BCUT2D eigenvalue weighted by atomic mass is 9.96. The number of fused-ring (bicyclic) bond motifs is 1. The van der Waals surface area contributed by atoms with Gasteiger partial charge in [0.25, 0.3) is 0 Å². The average Bonchev–Trinajstić information content (AvgIpc) is 2.48. The summed E-state index contributed by atoms with van der Waals surface area (Å²) < 4.78 is 0. The smallest absolute Gasteiger partial charge is 0.0155 e. The van der Waals surface area contributed by atoms with Gasteiger partial charge in [-0.3, -0.25) is 0 Å². The minimum Gasteiger partial charge on any atom is -0.0991 e. The number of aryl methyl sites for hydroxylation is 1. The van der Waals surface area contributed by atoms with E-state index in [4.69, 9.17) is 0 Å². The van der Waals surface area contributed by atoms with Gasteiger partial charge in [0.05, 0.1) is 0 Å². The highest BCUT2D eigenvalue weighted by molar-refractivity contribution is 5.80. The summed E-state index contributed by atoms with van der Waals surface area (Å²) in [6.07, 6.45) is 8.14. The predicted octanol–water partition coefficient (Wildman–Crippen LogP) is 4.70. The third-order valence-electron chi connectivity index (χ3n) is 3.37. The first-order valence-electron chi connectivity index (χ1n) is 6.00. The van der Waals surface area contributed by atoms with Crippen LogP contribution in [0.5, 0.6) is 0 Å². The van der Waals surface area contributed by atoms with Crippen molar-refractivity contribution in [2.75, 3.05) is 0 Å². The molecule has 0 fully saturated rings. The summed E-state index contributed by atoms with van der Waals surface area (Å²) in [5.41, 5.74) is 6.52. The molecule has 0 heterocycles. The van der Waals surface area contributed by atoms with Crippen molar-refractivity contribution in [3.05, 3.63) is 77.9 Å². The molecular formula is C17H18. The van der Waals surface area contributed by atoms with Crippen LogP contribution in [0.4, 0.5) is 0 Å². The van der Waals surface area contributed by atoms with Crippen LogP contribution in [0.25, 0.3) is 5.57 Å². The summed E-state index contributed by atoms with van der Waals surface area (Å²) in [6, 6.07) is 8.56. The molecule has 1 aliphatic rings. The summed E-state index contributed by atoms with van der Waals surface area (Å²) in [5, 5.41) is 0. The van der Waals surface area contributed by atoms with Gasteiger partial charge in [-0.2, -0.15) is 0 Å². The van der Waals surface area contributed by atoms with Crippen LogP contribution < -0.4 is 0 Å². The Kier molecular flexibility index (Phi) is 3.43. The second-order valence-corrected chi connectivity index (χ2v) is 4.38. The van der Waals surface area contributed by atoms with Crippen molar-refractivity contribution in [2.24, 2.45) is 0 Å². The first kappa shape index (κ1) is 11.7. The van der Waals surface area contributed by atoms with E-state index in [1.165, 1.54) is 22.3 Å². The molecule has 0 saturated carbocycles. The van der Waals surface area contributed by atoms with Crippen molar-refractivity contribution >= 4 is 5.57 Å². The maximum Gasteiger partial charge on any atom is -0.0155 e. The summed E-state index contributed by atoms with van der Waals surface area (Å²) in [6.45, 7) is 10.1. The Morgan fingerprint density at radius 1 is 1.18 bits per heavy atom. The molecule has 0 heteroatoms. The van der Waals surface area contributed by atoms with E-state index in [-0.39, 0.29) is 0 Å². The molecule has 0 atom stereocenters. The van der Waals surface area contributed by atoms with Gasteiger partial charge in [0.15, 0.2) is 0 Å². The Bertz CT molecular complexity index is 513. The minimum atomic E-state index is 1.08. The Morgan fingerprint density at radius 2 is 1.94 bits per heavy atom. The van der Waals surface area contributed by atoms with E-state index in [1.54, 1.807) is 0 Å². The van der Waals surface area contributed by atoms with E-state index >= 15 is 0 Å². The van der Waals surface area contributed by atoms with Crippen LogP contribution in [0.2, 0.25) is 0 Å². The summed E-state index contributed by atoms with van der Waals surface area (Å²) in [7, 11) is 0. The van der Waals surface area contributed by atoms with Crippen molar-refractivity contribution in [1.82, 2.24) is 0 Å². The van der Waals surface area contributed by atoms with Gasteiger partial charge < -0.3 is 0 Å². The van der Waals surface area contributed by atoms with Crippen molar-refractivity contribution in [3.63, 3.8) is 0 Å². The molecule has 1 aliphatic carbocycles. The van der Waals surface area contributed by atoms with Crippen LogP contribution in [0.1, 0.15) is 24.5 Å². The molecule has 0 saturated heterocycles. The summed E-state index contributed by atoms with van der Waals surface area (Å²) in [4.78, 5) is 0. The zero-order valence-electron chi connectivity index (χ0n) is 10.4. The van der Waals surface area contributed by atoms with Gasteiger partial charge >= 0.3 is 0 Å². The third-order valence-corrected chi connectivity index (χ3v) is 3.37. The van der Waals surface area contributed by atoms with Gasteiger partial charge in [0.1, 0.15) is 0 Å². The summed E-state index contributed by atoms with van der Waals surface area (Å²) in [5.74, 6) is 0. The predicted molar refractivity (Wildman–Crippen MR) is 75.8 cm³/mol. The highest BCUT2D eigenvalue weighted by Crippen LogP contribution is 2.32. The van der Waals surface area contributed by atoms with Crippen LogP contribution in [0.15, 0.2) is 66.8 Å². The SMILES string of the molecule is C=C/C=C\C1=C(C)C(=C)c2ccccc2CC1. The molecule has 0 spiro atoms. The number of rotatable bonds is 2. The Hall–Kier alpha value is -1.82. The molecule has 0 aromatic heterocycles. The third kappa shape index (κ3) is 2.31. The fourth-order valence-corrected chi connectivity index (χ4v) is 2.28. The monoisotopic (exact) mass is 222 g/mol. The normalized spacial score (nSPS) is 15.9. The highest BCUT2D eigenvalue weighted by Gasteiger charge is 2.14. The molecule has 17 heavy (non-hydrogen) atoms. The van der Waals surface area contributed by atoms with Gasteiger partial charge in [0, 0.05) is 0 Å². The largest absolute Gasteiger partial charge is 0.0991 e. The van der Waals surface area contributed by atoms with Crippen LogP contribution in [-0.2, 0) is 6.42 Å². The van der Waals surface area contributed by atoms with Crippen molar-refractivity contribution in [1.29, 1.82) is 0 Å². The Balaban J connectivity index is 2.45. The number of hydrogen-bond donors (Lipinski definition) is 0. The van der Waals surface area contributed by atoms with Gasteiger partial charge in [-0.1, -0.05) is 55.7 Å².